The minimum absolute atomic E-state index is 0.0799. The van der Waals surface area contributed by atoms with Crippen molar-refractivity contribution in [2.75, 3.05) is 0 Å². The van der Waals surface area contributed by atoms with Crippen LogP contribution in [0.15, 0.2) is 0 Å². The molecular weight excluding hydrogens is 214 g/mol. The summed E-state index contributed by atoms with van der Waals surface area (Å²) < 4.78 is 0. The molecule has 0 atom stereocenters. The van der Waals surface area contributed by atoms with Crippen LogP contribution < -0.4 is 5.73 Å². The number of nitrogens with two attached hydrogens (primary N) is 1. The van der Waals surface area contributed by atoms with Gasteiger partial charge in [-0.25, -0.2) is 4.98 Å². The number of hydrogen-bond acceptors (Lipinski definition) is 3. The first-order valence-corrected chi connectivity index (χ1v) is 4.69. The van der Waals surface area contributed by atoms with Gasteiger partial charge in [-0.1, -0.05) is 11.6 Å². The van der Waals surface area contributed by atoms with Gasteiger partial charge in [-0.05, 0) is 25.0 Å². The summed E-state index contributed by atoms with van der Waals surface area (Å²) >= 11 is 5.79. The molecule has 0 saturated heterocycles. The summed E-state index contributed by atoms with van der Waals surface area (Å²) in [6, 6.07) is 1.96. The number of nitriles is 1. The molecule has 1 heterocycles. The van der Waals surface area contributed by atoms with Crippen LogP contribution in [0.5, 0.6) is 0 Å². The van der Waals surface area contributed by atoms with Gasteiger partial charge >= 0.3 is 0 Å². The summed E-state index contributed by atoms with van der Waals surface area (Å²) in [5.74, 6) is -0.450. The number of carbonyl (C=O) groups excluding carboxylic acids is 1. The Balaban J connectivity index is 3.40. The maximum Gasteiger partial charge on any atom is 0.221 e. The van der Waals surface area contributed by atoms with Crippen LogP contribution in [-0.2, 0) is 11.2 Å². The maximum absolute atomic E-state index is 10.8. The Kier molecular flexibility index (Phi) is 3.28. The zero-order valence-corrected chi connectivity index (χ0v) is 9.22. The molecule has 15 heavy (non-hydrogen) atoms. The van der Waals surface area contributed by atoms with Crippen molar-refractivity contribution in [1.29, 1.82) is 5.26 Å². The lowest BCUT2D eigenvalue weighted by atomic mass is 10.0. The molecule has 1 aromatic rings. The number of primary amides is 1. The maximum atomic E-state index is 10.8. The van der Waals surface area contributed by atoms with Crippen LogP contribution in [0.3, 0.4) is 0 Å². The number of aromatic nitrogens is 1. The van der Waals surface area contributed by atoms with Gasteiger partial charge in [0.15, 0.2) is 0 Å². The molecule has 1 rings (SSSR count). The van der Waals surface area contributed by atoms with Crippen LogP contribution in [0.1, 0.15) is 22.4 Å². The highest BCUT2D eigenvalue weighted by molar-refractivity contribution is 6.30. The minimum atomic E-state index is -0.450. The largest absolute Gasteiger partial charge is 0.369 e. The Morgan fingerprint density at radius 2 is 2.20 bits per heavy atom. The lowest BCUT2D eigenvalue weighted by Gasteiger charge is -2.09. The lowest BCUT2D eigenvalue weighted by Crippen LogP contribution is -2.16. The molecule has 0 aliphatic rings. The highest BCUT2D eigenvalue weighted by Gasteiger charge is 2.14. The van der Waals surface area contributed by atoms with Crippen LogP contribution in [0, 0.1) is 25.2 Å². The number of hydrogen-bond donors (Lipinski definition) is 1. The standard InChI is InChI=1S/C10H10ClN3O/c1-5-7(3-9(13)15)6(2)14-10(11)8(5)4-12/h3H2,1-2H3,(H2,13,15). The Labute approximate surface area is 92.7 Å². The zero-order valence-electron chi connectivity index (χ0n) is 8.47. The molecule has 0 fully saturated rings. The second kappa shape index (κ2) is 4.28. The van der Waals surface area contributed by atoms with E-state index in [1.165, 1.54) is 0 Å². The quantitative estimate of drug-likeness (QED) is 0.767. The van der Waals surface area contributed by atoms with E-state index in [4.69, 9.17) is 22.6 Å². The number of rotatable bonds is 2. The Morgan fingerprint density at radius 3 is 2.67 bits per heavy atom. The van der Waals surface area contributed by atoms with Gasteiger partial charge in [-0.15, -0.1) is 0 Å². The molecule has 0 unspecified atom stereocenters. The molecule has 1 aromatic heterocycles. The third-order valence-electron chi connectivity index (χ3n) is 2.20. The summed E-state index contributed by atoms with van der Waals surface area (Å²) in [5, 5.41) is 9.03. The first-order valence-electron chi connectivity index (χ1n) is 4.31. The minimum Gasteiger partial charge on any atom is -0.369 e. The second-order valence-corrected chi connectivity index (χ2v) is 3.58. The molecule has 0 spiro atoms. The SMILES string of the molecule is Cc1nc(Cl)c(C#N)c(C)c1CC(N)=O. The average Bonchev–Trinajstić information content (AvgIpc) is 2.12. The van der Waals surface area contributed by atoms with Crippen LogP contribution in [0.25, 0.3) is 0 Å². The van der Waals surface area contributed by atoms with Crippen molar-refractivity contribution in [2.24, 2.45) is 5.73 Å². The highest BCUT2D eigenvalue weighted by atomic mass is 35.5. The van der Waals surface area contributed by atoms with Gasteiger partial charge in [-0.3, -0.25) is 4.79 Å². The molecule has 5 heteroatoms. The zero-order chi connectivity index (χ0) is 11.6. The molecule has 0 aliphatic carbocycles. The van der Waals surface area contributed by atoms with Gasteiger partial charge in [-0.2, -0.15) is 5.26 Å². The molecule has 0 bridgehead atoms. The smallest absolute Gasteiger partial charge is 0.221 e. The van der Waals surface area contributed by atoms with Crippen molar-refractivity contribution in [3.05, 3.63) is 27.5 Å². The Hall–Kier alpha value is -1.60. The molecule has 2 N–H and O–H groups in total. The summed E-state index contributed by atoms with van der Waals surface area (Å²) in [4.78, 5) is 14.8. The van der Waals surface area contributed by atoms with E-state index >= 15 is 0 Å². The van der Waals surface area contributed by atoms with Crippen molar-refractivity contribution in [3.63, 3.8) is 0 Å². The monoisotopic (exact) mass is 223 g/mol. The first-order chi connectivity index (χ1) is 6.97. The summed E-state index contributed by atoms with van der Waals surface area (Å²) in [6.07, 6.45) is 0.0799. The number of aryl methyl sites for hydroxylation is 1. The molecule has 1 amide bonds. The van der Waals surface area contributed by atoms with E-state index in [-0.39, 0.29) is 11.6 Å². The van der Waals surface area contributed by atoms with Crippen molar-refractivity contribution < 1.29 is 4.79 Å². The third kappa shape index (κ3) is 2.25. The number of pyridine rings is 1. The van der Waals surface area contributed by atoms with E-state index in [0.29, 0.717) is 22.4 Å². The predicted octanol–water partition coefficient (Wildman–Crippen LogP) is 1.25. The highest BCUT2D eigenvalue weighted by Crippen LogP contribution is 2.22. The van der Waals surface area contributed by atoms with E-state index < -0.39 is 5.91 Å². The van der Waals surface area contributed by atoms with Gasteiger partial charge in [0, 0.05) is 5.69 Å². The van der Waals surface area contributed by atoms with Crippen LogP contribution >= 0.6 is 11.6 Å². The number of nitrogens with zero attached hydrogens (tertiary/aromatic N) is 2. The number of carbonyl (C=O) groups is 1. The van der Waals surface area contributed by atoms with E-state index in [9.17, 15) is 4.79 Å². The summed E-state index contributed by atoms with van der Waals surface area (Å²) in [5.41, 5.74) is 7.41. The van der Waals surface area contributed by atoms with Gasteiger partial charge in [0.25, 0.3) is 0 Å². The van der Waals surface area contributed by atoms with E-state index in [1.807, 2.05) is 6.07 Å². The molecule has 0 aromatic carbocycles. The van der Waals surface area contributed by atoms with Gasteiger partial charge in [0.2, 0.25) is 5.91 Å². The molecule has 0 radical (unpaired) electrons. The molecule has 78 valence electrons. The third-order valence-corrected chi connectivity index (χ3v) is 2.47. The Morgan fingerprint density at radius 1 is 1.60 bits per heavy atom. The van der Waals surface area contributed by atoms with Crippen LogP contribution in [-0.4, -0.2) is 10.9 Å². The van der Waals surface area contributed by atoms with Gasteiger partial charge in [0.1, 0.15) is 11.2 Å². The summed E-state index contributed by atoms with van der Waals surface area (Å²) in [7, 11) is 0. The molecular formula is C10H10ClN3O. The average molecular weight is 224 g/mol. The number of halogens is 1. The van der Waals surface area contributed by atoms with Crippen molar-refractivity contribution >= 4 is 17.5 Å². The van der Waals surface area contributed by atoms with Crippen molar-refractivity contribution in [1.82, 2.24) is 4.98 Å². The van der Waals surface area contributed by atoms with Gasteiger partial charge in [0.05, 0.1) is 12.0 Å². The predicted molar refractivity (Wildman–Crippen MR) is 56.3 cm³/mol. The Bertz CT molecular complexity index is 463. The van der Waals surface area contributed by atoms with E-state index in [0.717, 1.165) is 0 Å². The van der Waals surface area contributed by atoms with Crippen molar-refractivity contribution in [3.8, 4) is 6.07 Å². The second-order valence-electron chi connectivity index (χ2n) is 3.22. The lowest BCUT2D eigenvalue weighted by molar-refractivity contribution is -0.117. The van der Waals surface area contributed by atoms with Crippen molar-refractivity contribution in [2.45, 2.75) is 20.3 Å². The van der Waals surface area contributed by atoms with Gasteiger partial charge < -0.3 is 5.73 Å². The normalized spacial score (nSPS) is 9.73. The van der Waals surface area contributed by atoms with E-state index in [1.54, 1.807) is 13.8 Å². The molecule has 0 aliphatic heterocycles. The fraction of sp³-hybridized carbons (Fsp3) is 0.300. The summed E-state index contributed by atoms with van der Waals surface area (Å²) in [6.45, 7) is 3.47. The van der Waals surface area contributed by atoms with Crippen LogP contribution in [0.4, 0.5) is 0 Å². The topological polar surface area (TPSA) is 79.8 Å². The molecule has 0 saturated carbocycles. The van der Waals surface area contributed by atoms with E-state index in [2.05, 4.69) is 4.98 Å². The van der Waals surface area contributed by atoms with Crippen LogP contribution in [0.2, 0.25) is 5.15 Å². The molecule has 4 nitrogen and oxygen atoms in total. The fourth-order valence-corrected chi connectivity index (χ4v) is 1.72. The first kappa shape index (κ1) is 11.5. The number of amides is 1. The fourth-order valence-electron chi connectivity index (χ4n) is 1.41.